The Morgan fingerprint density at radius 1 is 0.848 bits per heavy atom. The maximum absolute atomic E-state index is 12.1. The van der Waals surface area contributed by atoms with Crippen LogP contribution in [0.2, 0.25) is 25.1 Å². The first-order valence-corrected chi connectivity index (χ1v) is 11.1. The molecule has 0 heterocycles. The van der Waals surface area contributed by atoms with E-state index in [1.807, 2.05) is 0 Å². The highest BCUT2D eigenvalue weighted by molar-refractivity contribution is 6.42. The fourth-order valence-corrected chi connectivity index (χ4v) is 3.57. The summed E-state index contributed by atoms with van der Waals surface area (Å²) in [6, 6.07) is 14.1. The van der Waals surface area contributed by atoms with Crippen LogP contribution in [-0.2, 0) is 4.79 Å². The molecule has 3 aromatic carbocycles. The van der Waals surface area contributed by atoms with Crippen LogP contribution in [0.5, 0.6) is 5.75 Å². The standard InChI is InChI=1S/C22H14Cl5N3O3/c23-14-3-1-13(2-4-14)22(32)30-28-10-12-7-18(26)21(19(27)8-12)33-11-20(31)29-15-5-6-16(24)17(25)9-15/h1-10H,11H2,(H,29,31)(H,30,32)/b28-10+. The molecule has 0 atom stereocenters. The summed E-state index contributed by atoms with van der Waals surface area (Å²) < 4.78 is 5.46. The molecule has 33 heavy (non-hydrogen) atoms. The van der Waals surface area contributed by atoms with Crippen LogP contribution in [0.25, 0.3) is 0 Å². The van der Waals surface area contributed by atoms with Gasteiger partial charge >= 0.3 is 0 Å². The van der Waals surface area contributed by atoms with E-state index in [4.69, 9.17) is 62.7 Å². The van der Waals surface area contributed by atoms with Crippen molar-refractivity contribution in [1.29, 1.82) is 0 Å². The SMILES string of the molecule is O=C(COc1c(Cl)cc(/C=N/NC(=O)c2ccc(Cl)cc2)cc1Cl)Nc1ccc(Cl)c(Cl)c1. The van der Waals surface area contributed by atoms with Gasteiger partial charge in [0.2, 0.25) is 0 Å². The molecule has 0 fully saturated rings. The highest BCUT2D eigenvalue weighted by atomic mass is 35.5. The molecular weight excluding hydrogens is 532 g/mol. The van der Waals surface area contributed by atoms with E-state index in [2.05, 4.69) is 15.8 Å². The molecule has 0 radical (unpaired) electrons. The molecule has 6 nitrogen and oxygen atoms in total. The minimum atomic E-state index is -0.448. The zero-order valence-corrected chi connectivity index (χ0v) is 20.3. The number of carbonyl (C=O) groups excluding carboxylic acids is 2. The molecule has 0 spiro atoms. The highest BCUT2D eigenvalue weighted by Gasteiger charge is 2.12. The summed E-state index contributed by atoms with van der Waals surface area (Å²) >= 11 is 30.1. The second-order valence-corrected chi connectivity index (χ2v) is 8.55. The third-order valence-electron chi connectivity index (χ3n) is 4.06. The monoisotopic (exact) mass is 543 g/mol. The van der Waals surface area contributed by atoms with Gasteiger partial charge in [-0.2, -0.15) is 5.10 Å². The van der Waals surface area contributed by atoms with Gasteiger partial charge in [-0.15, -0.1) is 0 Å². The van der Waals surface area contributed by atoms with Gasteiger partial charge < -0.3 is 10.1 Å². The van der Waals surface area contributed by atoms with E-state index in [1.54, 1.807) is 36.4 Å². The van der Waals surface area contributed by atoms with E-state index in [1.165, 1.54) is 24.4 Å². The Hall–Kier alpha value is -2.48. The van der Waals surface area contributed by atoms with Crippen molar-refractivity contribution in [2.24, 2.45) is 5.10 Å². The van der Waals surface area contributed by atoms with E-state index in [9.17, 15) is 9.59 Å². The van der Waals surface area contributed by atoms with Gasteiger partial charge in [0.25, 0.3) is 11.8 Å². The van der Waals surface area contributed by atoms with Crippen LogP contribution in [0.1, 0.15) is 15.9 Å². The summed E-state index contributed by atoms with van der Waals surface area (Å²) in [5.41, 5.74) is 3.76. The van der Waals surface area contributed by atoms with Gasteiger partial charge in [0.15, 0.2) is 12.4 Å². The number of nitrogens with one attached hydrogen (secondary N) is 2. The third kappa shape index (κ3) is 7.25. The molecule has 3 rings (SSSR count). The molecule has 170 valence electrons. The number of hydrazone groups is 1. The summed E-state index contributed by atoms with van der Waals surface area (Å²) in [5, 5.41) is 8.04. The predicted octanol–water partition coefficient (Wildman–Crippen LogP) is 6.74. The number of benzene rings is 3. The van der Waals surface area contributed by atoms with Crippen LogP contribution in [-0.4, -0.2) is 24.6 Å². The van der Waals surface area contributed by atoms with Crippen LogP contribution in [0.3, 0.4) is 0 Å². The molecule has 2 amide bonds. The van der Waals surface area contributed by atoms with E-state index in [0.29, 0.717) is 31.9 Å². The molecule has 0 saturated carbocycles. The quantitative estimate of drug-likeness (QED) is 0.255. The second kappa shape index (κ2) is 11.6. The lowest BCUT2D eigenvalue weighted by atomic mass is 10.2. The Morgan fingerprint density at radius 3 is 2.15 bits per heavy atom. The van der Waals surface area contributed by atoms with Crippen LogP contribution >= 0.6 is 58.0 Å². The third-order valence-corrected chi connectivity index (χ3v) is 5.61. The minimum Gasteiger partial charge on any atom is -0.481 e. The van der Waals surface area contributed by atoms with Gasteiger partial charge in [-0.25, -0.2) is 5.43 Å². The van der Waals surface area contributed by atoms with Gasteiger partial charge in [0.1, 0.15) is 0 Å². The lowest BCUT2D eigenvalue weighted by Crippen LogP contribution is -2.20. The van der Waals surface area contributed by atoms with E-state index in [0.717, 1.165) is 0 Å². The first-order chi connectivity index (χ1) is 15.7. The molecule has 0 aromatic heterocycles. The number of anilines is 1. The Kier molecular flexibility index (Phi) is 8.83. The Morgan fingerprint density at radius 2 is 1.52 bits per heavy atom. The number of rotatable bonds is 7. The summed E-state index contributed by atoms with van der Waals surface area (Å²) in [5.74, 6) is -0.728. The molecule has 0 aliphatic rings. The average Bonchev–Trinajstić information content (AvgIpc) is 2.76. The number of halogens is 5. The Balaban J connectivity index is 1.58. The van der Waals surface area contributed by atoms with Gasteiger partial charge in [0, 0.05) is 16.3 Å². The van der Waals surface area contributed by atoms with Crippen molar-refractivity contribution >= 4 is 81.7 Å². The summed E-state index contributed by atoms with van der Waals surface area (Å²) in [4.78, 5) is 24.2. The van der Waals surface area contributed by atoms with Gasteiger partial charge in [-0.1, -0.05) is 58.0 Å². The molecule has 0 aliphatic carbocycles. The molecule has 2 N–H and O–H groups in total. The van der Waals surface area contributed by atoms with Gasteiger partial charge in [-0.05, 0) is 60.2 Å². The molecule has 0 unspecified atom stereocenters. The molecule has 0 saturated heterocycles. The summed E-state index contributed by atoms with van der Waals surface area (Å²) in [6.07, 6.45) is 1.37. The number of nitrogens with zero attached hydrogens (tertiary/aromatic N) is 1. The van der Waals surface area contributed by atoms with Crippen molar-refractivity contribution in [1.82, 2.24) is 5.43 Å². The Labute approximate surface area is 214 Å². The van der Waals surface area contributed by atoms with Crippen LogP contribution < -0.4 is 15.5 Å². The predicted molar refractivity (Wildman–Crippen MR) is 134 cm³/mol. The first kappa shape index (κ1) is 25.1. The lowest BCUT2D eigenvalue weighted by molar-refractivity contribution is -0.118. The number of hydrogen-bond donors (Lipinski definition) is 2. The molecule has 0 aliphatic heterocycles. The van der Waals surface area contributed by atoms with Crippen molar-refractivity contribution in [3.63, 3.8) is 0 Å². The fraction of sp³-hybridized carbons (Fsp3) is 0.0455. The maximum Gasteiger partial charge on any atom is 0.271 e. The second-order valence-electron chi connectivity index (χ2n) is 6.49. The number of amides is 2. The van der Waals surface area contributed by atoms with Crippen LogP contribution in [0.4, 0.5) is 5.69 Å². The van der Waals surface area contributed by atoms with Crippen molar-refractivity contribution in [2.45, 2.75) is 0 Å². The van der Waals surface area contributed by atoms with E-state index >= 15 is 0 Å². The lowest BCUT2D eigenvalue weighted by Gasteiger charge is -2.11. The smallest absolute Gasteiger partial charge is 0.271 e. The molecular formula is C22H14Cl5N3O3. The number of carbonyl (C=O) groups is 2. The van der Waals surface area contributed by atoms with Gasteiger partial charge in [0.05, 0.1) is 26.3 Å². The van der Waals surface area contributed by atoms with Crippen molar-refractivity contribution in [2.75, 3.05) is 11.9 Å². The average molecular weight is 546 g/mol. The largest absolute Gasteiger partial charge is 0.481 e. The fourth-order valence-electron chi connectivity index (χ4n) is 2.53. The highest BCUT2D eigenvalue weighted by Crippen LogP contribution is 2.34. The van der Waals surface area contributed by atoms with Gasteiger partial charge in [-0.3, -0.25) is 9.59 Å². The van der Waals surface area contributed by atoms with E-state index in [-0.39, 0.29) is 22.4 Å². The number of ether oxygens (including phenoxy) is 1. The van der Waals surface area contributed by atoms with E-state index < -0.39 is 11.8 Å². The molecule has 3 aromatic rings. The summed E-state index contributed by atoms with van der Waals surface area (Å²) in [6.45, 7) is -0.343. The minimum absolute atomic E-state index is 0.130. The number of hydrogen-bond acceptors (Lipinski definition) is 4. The maximum atomic E-state index is 12.1. The topological polar surface area (TPSA) is 79.8 Å². The zero-order chi connectivity index (χ0) is 24.0. The Bertz CT molecular complexity index is 1190. The van der Waals surface area contributed by atoms with Crippen molar-refractivity contribution < 1.29 is 14.3 Å². The zero-order valence-electron chi connectivity index (χ0n) is 16.5. The summed E-state index contributed by atoms with van der Waals surface area (Å²) in [7, 11) is 0. The molecule has 11 heteroatoms. The van der Waals surface area contributed by atoms with Crippen LogP contribution in [0, 0.1) is 0 Å². The van der Waals surface area contributed by atoms with Crippen molar-refractivity contribution in [3.8, 4) is 5.75 Å². The normalized spacial score (nSPS) is 10.8. The van der Waals surface area contributed by atoms with Crippen LogP contribution in [0.15, 0.2) is 59.7 Å². The first-order valence-electron chi connectivity index (χ1n) is 9.18. The van der Waals surface area contributed by atoms with Crippen molar-refractivity contribution in [3.05, 3.63) is 90.8 Å². The molecule has 0 bridgehead atoms.